The van der Waals surface area contributed by atoms with Gasteiger partial charge in [0.05, 0.1) is 25.8 Å². The Bertz CT molecular complexity index is 547. The minimum Gasteiger partial charge on any atom is -0.493 e. The van der Waals surface area contributed by atoms with Crippen LogP contribution in [0.25, 0.3) is 0 Å². The zero-order valence-corrected chi connectivity index (χ0v) is 12.0. The zero-order valence-electron chi connectivity index (χ0n) is 11.2. The van der Waals surface area contributed by atoms with Gasteiger partial charge in [-0.1, -0.05) is 11.6 Å². The molecule has 20 heavy (non-hydrogen) atoms. The number of piperazine rings is 1. The first-order valence-electron chi connectivity index (χ1n) is 6.04. The first-order valence-corrected chi connectivity index (χ1v) is 6.42. The van der Waals surface area contributed by atoms with Gasteiger partial charge in [0.15, 0.2) is 11.5 Å². The van der Waals surface area contributed by atoms with E-state index >= 15 is 0 Å². The third kappa shape index (κ3) is 2.80. The molecule has 6 nitrogen and oxygen atoms in total. The second-order valence-corrected chi connectivity index (χ2v) is 4.68. The van der Waals surface area contributed by atoms with Crippen molar-refractivity contribution in [2.75, 3.05) is 33.9 Å². The number of benzene rings is 1. The molecule has 0 radical (unpaired) electrons. The fourth-order valence-electron chi connectivity index (χ4n) is 2.04. The van der Waals surface area contributed by atoms with E-state index in [1.165, 1.54) is 25.2 Å². The van der Waals surface area contributed by atoms with Crippen molar-refractivity contribution in [1.29, 1.82) is 0 Å². The first-order chi connectivity index (χ1) is 9.56. The molecule has 1 saturated heterocycles. The summed E-state index contributed by atoms with van der Waals surface area (Å²) in [6.45, 7) is 0.965. The van der Waals surface area contributed by atoms with Crippen LogP contribution in [-0.4, -0.2) is 50.6 Å². The summed E-state index contributed by atoms with van der Waals surface area (Å²) in [5.74, 6) is 0.325. The summed E-state index contributed by atoms with van der Waals surface area (Å²) in [6, 6.07) is 3.07. The van der Waals surface area contributed by atoms with Crippen LogP contribution in [0.15, 0.2) is 12.1 Å². The van der Waals surface area contributed by atoms with Crippen molar-refractivity contribution >= 4 is 23.4 Å². The smallest absolute Gasteiger partial charge is 0.254 e. The van der Waals surface area contributed by atoms with E-state index < -0.39 is 0 Å². The number of nitrogens with one attached hydrogen (secondary N) is 1. The normalized spacial score (nSPS) is 14.8. The van der Waals surface area contributed by atoms with Crippen LogP contribution in [0, 0.1) is 0 Å². The lowest BCUT2D eigenvalue weighted by Crippen LogP contribution is -2.49. The molecule has 1 N–H and O–H groups in total. The highest BCUT2D eigenvalue weighted by molar-refractivity contribution is 6.32. The molecule has 1 fully saturated rings. The Morgan fingerprint density at radius 3 is 2.70 bits per heavy atom. The number of carbonyl (C=O) groups is 2. The van der Waals surface area contributed by atoms with Crippen molar-refractivity contribution in [2.24, 2.45) is 0 Å². The van der Waals surface area contributed by atoms with Gasteiger partial charge in [-0.3, -0.25) is 9.59 Å². The highest BCUT2D eigenvalue weighted by Crippen LogP contribution is 2.36. The lowest BCUT2D eigenvalue weighted by atomic mass is 10.1. The van der Waals surface area contributed by atoms with Gasteiger partial charge in [-0.2, -0.15) is 0 Å². The molecule has 0 aliphatic carbocycles. The van der Waals surface area contributed by atoms with Gasteiger partial charge in [-0.05, 0) is 12.1 Å². The maximum absolute atomic E-state index is 12.4. The Labute approximate surface area is 121 Å². The van der Waals surface area contributed by atoms with Gasteiger partial charge in [0.1, 0.15) is 0 Å². The molecule has 2 rings (SSSR count). The summed E-state index contributed by atoms with van der Waals surface area (Å²) in [7, 11) is 2.94. The van der Waals surface area contributed by atoms with Gasteiger partial charge in [0.2, 0.25) is 5.91 Å². The van der Waals surface area contributed by atoms with E-state index in [2.05, 4.69) is 5.32 Å². The second kappa shape index (κ2) is 6.00. The van der Waals surface area contributed by atoms with E-state index in [0.29, 0.717) is 30.2 Å². The molecule has 1 aliphatic rings. The average Bonchev–Trinajstić information content (AvgIpc) is 2.45. The Kier molecular flexibility index (Phi) is 4.34. The molecule has 0 spiro atoms. The van der Waals surface area contributed by atoms with Gasteiger partial charge in [0, 0.05) is 18.7 Å². The van der Waals surface area contributed by atoms with Gasteiger partial charge < -0.3 is 19.7 Å². The van der Waals surface area contributed by atoms with E-state index in [9.17, 15) is 9.59 Å². The predicted octanol–water partition coefficient (Wildman–Crippen LogP) is 0.929. The van der Waals surface area contributed by atoms with Crippen LogP contribution in [0.3, 0.4) is 0 Å². The average molecular weight is 299 g/mol. The summed E-state index contributed by atoms with van der Waals surface area (Å²) in [5, 5.41) is 2.96. The maximum Gasteiger partial charge on any atom is 0.254 e. The minimum absolute atomic E-state index is 0.0464. The topological polar surface area (TPSA) is 67.9 Å². The lowest BCUT2D eigenvalue weighted by molar-refractivity contribution is -0.123. The summed E-state index contributed by atoms with van der Waals surface area (Å²) < 4.78 is 10.3. The molecule has 1 aromatic carbocycles. The Morgan fingerprint density at radius 1 is 1.35 bits per heavy atom. The molecule has 2 amide bonds. The van der Waals surface area contributed by atoms with Crippen LogP contribution in [-0.2, 0) is 4.79 Å². The standard InChI is InChI=1S/C13H15ClN2O4/c1-19-10-6-8(5-9(14)12(10)20-2)13(18)16-4-3-15-11(17)7-16/h5-6H,3-4,7H2,1-2H3,(H,15,17). The van der Waals surface area contributed by atoms with E-state index in [-0.39, 0.29) is 23.4 Å². The molecular formula is C13H15ClN2O4. The van der Waals surface area contributed by atoms with E-state index in [4.69, 9.17) is 21.1 Å². The number of methoxy groups -OCH3 is 2. The second-order valence-electron chi connectivity index (χ2n) is 4.27. The van der Waals surface area contributed by atoms with Crippen molar-refractivity contribution in [3.05, 3.63) is 22.7 Å². The Morgan fingerprint density at radius 2 is 2.10 bits per heavy atom. The summed E-state index contributed by atoms with van der Waals surface area (Å²) in [4.78, 5) is 25.1. The fraction of sp³-hybridized carbons (Fsp3) is 0.385. The van der Waals surface area contributed by atoms with Crippen LogP contribution >= 0.6 is 11.6 Å². The molecule has 0 unspecified atom stereocenters. The number of hydrogen-bond acceptors (Lipinski definition) is 4. The number of rotatable bonds is 3. The quantitative estimate of drug-likeness (QED) is 0.901. The molecule has 0 bridgehead atoms. The number of ether oxygens (including phenoxy) is 2. The number of nitrogens with zero attached hydrogens (tertiary/aromatic N) is 1. The van der Waals surface area contributed by atoms with Crippen LogP contribution < -0.4 is 14.8 Å². The van der Waals surface area contributed by atoms with Gasteiger partial charge in [-0.15, -0.1) is 0 Å². The lowest BCUT2D eigenvalue weighted by Gasteiger charge is -2.27. The molecular weight excluding hydrogens is 284 g/mol. The monoisotopic (exact) mass is 298 g/mol. The molecule has 1 aliphatic heterocycles. The van der Waals surface area contributed by atoms with Gasteiger partial charge >= 0.3 is 0 Å². The van der Waals surface area contributed by atoms with Crippen molar-refractivity contribution < 1.29 is 19.1 Å². The molecule has 0 aromatic heterocycles. The Hall–Kier alpha value is -1.95. The van der Waals surface area contributed by atoms with Crippen LogP contribution in [0.2, 0.25) is 5.02 Å². The molecule has 1 heterocycles. The fourth-order valence-corrected chi connectivity index (χ4v) is 2.32. The maximum atomic E-state index is 12.4. The first kappa shape index (κ1) is 14.5. The highest BCUT2D eigenvalue weighted by Gasteiger charge is 2.24. The van der Waals surface area contributed by atoms with E-state index in [1.807, 2.05) is 0 Å². The van der Waals surface area contributed by atoms with Crippen molar-refractivity contribution in [3.8, 4) is 11.5 Å². The summed E-state index contributed by atoms with van der Waals surface area (Å²) in [5.41, 5.74) is 0.363. The SMILES string of the molecule is COc1cc(C(=O)N2CCNC(=O)C2)cc(Cl)c1OC. The number of amides is 2. The molecule has 0 saturated carbocycles. The number of carbonyl (C=O) groups excluding carboxylic acids is 2. The summed E-state index contributed by atoms with van der Waals surface area (Å²) in [6.07, 6.45) is 0. The largest absolute Gasteiger partial charge is 0.493 e. The summed E-state index contributed by atoms with van der Waals surface area (Å²) >= 11 is 6.07. The molecule has 1 aromatic rings. The van der Waals surface area contributed by atoms with Crippen molar-refractivity contribution in [2.45, 2.75) is 0 Å². The van der Waals surface area contributed by atoms with E-state index in [0.717, 1.165) is 0 Å². The highest BCUT2D eigenvalue weighted by atomic mass is 35.5. The number of halogens is 1. The van der Waals surface area contributed by atoms with Gasteiger partial charge in [-0.25, -0.2) is 0 Å². The molecule has 7 heteroatoms. The molecule has 108 valence electrons. The van der Waals surface area contributed by atoms with Crippen LogP contribution in [0.5, 0.6) is 11.5 Å². The zero-order chi connectivity index (χ0) is 14.7. The third-order valence-electron chi connectivity index (χ3n) is 3.01. The number of hydrogen-bond donors (Lipinski definition) is 1. The molecule has 0 atom stereocenters. The third-order valence-corrected chi connectivity index (χ3v) is 3.29. The Balaban J connectivity index is 2.30. The van der Waals surface area contributed by atoms with Gasteiger partial charge in [0.25, 0.3) is 5.91 Å². The van der Waals surface area contributed by atoms with Crippen LogP contribution in [0.1, 0.15) is 10.4 Å². The van der Waals surface area contributed by atoms with Crippen molar-refractivity contribution in [1.82, 2.24) is 10.2 Å². The van der Waals surface area contributed by atoms with Crippen molar-refractivity contribution in [3.63, 3.8) is 0 Å². The van der Waals surface area contributed by atoms with Crippen LogP contribution in [0.4, 0.5) is 0 Å². The predicted molar refractivity (Wildman–Crippen MR) is 73.5 cm³/mol. The van der Waals surface area contributed by atoms with E-state index in [1.54, 1.807) is 6.07 Å². The minimum atomic E-state index is -0.261.